The lowest BCUT2D eigenvalue weighted by molar-refractivity contribution is 0.0696. The van der Waals surface area contributed by atoms with Crippen LogP contribution in [0.25, 0.3) is 0 Å². The van der Waals surface area contributed by atoms with E-state index in [2.05, 4.69) is 0 Å². The van der Waals surface area contributed by atoms with Crippen LogP contribution in [-0.2, 0) is 0 Å². The Hall–Kier alpha value is -0.640. The van der Waals surface area contributed by atoms with Gasteiger partial charge in [0.25, 0.3) is 0 Å². The van der Waals surface area contributed by atoms with E-state index in [1.165, 1.54) is 25.3 Å². The molecule has 0 fully saturated rings. The molecule has 0 aliphatic heterocycles. The molecule has 0 unspecified atom stereocenters. The van der Waals surface area contributed by atoms with Gasteiger partial charge in [-0.1, -0.05) is 11.6 Å². The van der Waals surface area contributed by atoms with E-state index in [-0.39, 0.29) is 30.4 Å². The smallest absolute Gasteiger partial charge is 0.335 e. The molecule has 0 atom stereocenters. The first-order chi connectivity index (χ1) is 5.65. The molecule has 0 amide bonds. The molecule has 80 valence electrons. The van der Waals surface area contributed by atoms with Crippen molar-refractivity contribution in [3.8, 4) is 5.75 Å². The lowest BCUT2D eigenvalue weighted by Crippen LogP contribution is -1.96. The van der Waals surface area contributed by atoms with Crippen LogP contribution in [0.4, 0.5) is 0 Å². The van der Waals surface area contributed by atoms with Crippen molar-refractivity contribution in [3.63, 3.8) is 0 Å². The Balaban J connectivity index is 0. The highest BCUT2D eigenvalue weighted by Crippen LogP contribution is 2.24. The van der Waals surface area contributed by atoms with Crippen molar-refractivity contribution in [2.45, 2.75) is 0 Å². The third-order valence-corrected chi connectivity index (χ3v) is 1.71. The molecule has 0 spiro atoms. The number of hydrogen-bond acceptors (Lipinski definition) is 2. The van der Waals surface area contributed by atoms with Gasteiger partial charge in [0.1, 0.15) is 5.75 Å². The molecule has 1 N–H and O–H groups in total. The quantitative estimate of drug-likeness (QED) is 0.888. The maximum atomic E-state index is 10.5. The molecule has 0 radical (unpaired) electrons. The molecule has 0 bridgehead atoms. The molecule has 0 aliphatic carbocycles. The van der Waals surface area contributed by atoms with Crippen LogP contribution in [0.3, 0.4) is 0 Å². The van der Waals surface area contributed by atoms with Crippen molar-refractivity contribution in [1.29, 1.82) is 0 Å². The number of aromatic carboxylic acids is 1. The molecular formula is C8H9Cl3O3. The van der Waals surface area contributed by atoms with Gasteiger partial charge in [-0.25, -0.2) is 4.79 Å². The third kappa shape index (κ3) is 3.62. The van der Waals surface area contributed by atoms with Crippen molar-refractivity contribution >= 4 is 42.4 Å². The summed E-state index contributed by atoms with van der Waals surface area (Å²) in [7, 11) is 1.44. The normalized spacial score (nSPS) is 8.14. The van der Waals surface area contributed by atoms with Crippen molar-refractivity contribution in [1.82, 2.24) is 0 Å². The van der Waals surface area contributed by atoms with Crippen LogP contribution < -0.4 is 4.74 Å². The summed E-state index contributed by atoms with van der Waals surface area (Å²) in [6.07, 6.45) is 0. The van der Waals surface area contributed by atoms with Crippen LogP contribution in [0.2, 0.25) is 5.02 Å². The first-order valence-electron chi connectivity index (χ1n) is 3.22. The van der Waals surface area contributed by atoms with E-state index in [0.717, 1.165) is 0 Å². The molecule has 6 heteroatoms. The summed E-state index contributed by atoms with van der Waals surface area (Å²) >= 11 is 5.68. The maximum Gasteiger partial charge on any atom is 0.335 e. The van der Waals surface area contributed by atoms with Crippen molar-refractivity contribution < 1.29 is 14.6 Å². The molecule has 0 heterocycles. The van der Waals surface area contributed by atoms with Crippen LogP contribution in [0.15, 0.2) is 18.2 Å². The topological polar surface area (TPSA) is 46.5 Å². The standard InChI is InChI=1S/C8H7ClO3.2ClH/c1-12-7-4-5(8(10)11)2-3-6(7)9;;/h2-4H,1H3,(H,10,11);2*1H. The number of carboxylic acid groups (broad SMARTS) is 1. The lowest BCUT2D eigenvalue weighted by atomic mass is 10.2. The summed E-state index contributed by atoms with van der Waals surface area (Å²) < 4.78 is 4.84. The fourth-order valence-corrected chi connectivity index (χ4v) is 0.988. The number of methoxy groups -OCH3 is 1. The predicted octanol–water partition coefficient (Wildman–Crippen LogP) is 2.89. The molecule has 1 aromatic rings. The molecular weight excluding hydrogens is 250 g/mol. The summed E-state index contributed by atoms with van der Waals surface area (Å²) in [5.41, 5.74) is 0.163. The monoisotopic (exact) mass is 258 g/mol. The van der Waals surface area contributed by atoms with Crippen LogP contribution in [-0.4, -0.2) is 18.2 Å². The van der Waals surface area contributed by atoms with E-state index < -0.39 is 5.97 Å². The first-order valence-corrected chi connectivity index (χ1v) is 3.60. The highest BCUT2D eigenvalue weighted by atomic mass is 35.5. The van der Waals surface area contributed by atoms with Gasteiger partial charge in [-0.05, 0) is 18.2 Å². The lowest BCUT2D eigenvalue weighted by Gasteiger charge is -2.02. The van der Waals surface area contributed by atoms with Crippen LogP contribution in [0, 0.1) is 0 Å². The first kappa shape index (κ1) is 15.8. The van der Waals surface area contributed by atoms with Gasteiger partial charge < -0.3 is 9.84 Å². The minimum absolute atomic E-state index is 0. The summed E-state index contributed by atoms with van der Waals surface area (Å²) in [5.74, 6) is -0.624. The van der Waals surface area contributed by atoms with Gasteiger partial charge in [0.15, 0.2) is 0 Å². The van der Waals surface area contributed by atoms with Gasteiger partial charge in [-0.2, -0.15) is 0 Å². The molecule has 1 aromatic carbocycles. The number of carboxylic acids is 1. The van der Waals surface area contributed by atoms with Gasteiger partial charge in [-0.15, -0.1) is 24.8 Å². The maximum absolute atomic E-state index is 10.5. The Morgan fingerprint density at radius 1 is 1.43 bits per heavy atom. The molecule has 0 saturated heterocycles. The average Bonchev–Trinajstić information content (AvgIpc) is 2.05. The van der Waals surface area contributed by atoms with Crippen LogP contribution in [0.1, 0.15) is 10.4 Å². The second kappa shape index (κ2) is 6.76. The second-order valence-corrected chi connectivity index (χ2v) is 2.56. The molecule has 0 aromatic heterocycles. The fraction of sp³-hybridized carbons (Fsp3) is 0.125. The fourth-order valence-electron chi connectivity index (χ4n) is 0.793. The molecule has 1 rings (SSSR count). The van der Waals surface area contributed by atoms with Crippen molar-refractivity contribution in [2.75, 3.05) is 7.11 Å². The SMILES string of the molecule is COc1cc(C(=O)O)ccc1Cl.Cl.Cl. The van der Waals surface area contributed by atoms with Gasteiger partial charge >= 0.3 is 5.97 Å². The molecule has 0 saturated carbocycles. The van der Waals surface area contributed by atoms with E-state index in [1.54, 1.807) is 0 Å². The van der Waals surface area contributed by atoms with Crippen LogP contribution in [0.5, 0.6) is 5.75 Å². The van der Waals surface area contributed by atoms with Crippen molar-refractivity contribution in [2.24, 2.45) is 0 Å². The summed E-state index contributed by atoms with van der Waals surface area (Å²) in [5, 5.41) is 9.00. The molecule has 0 aliphatic rings. The van der Waals surface area contributed by atoms with Crippen LogP contribution >= 0.6 is 36.4 Å². The zero-order valence-electron chi connectivity index (χ0n) is 7.19. The number of ether oxygens (including phenoxy) is 1. The number of halogens is 3. The minimum Gasteiger partial charge on any atom is -0.495 e. The highest BCUT2D eigenvalue weighted by Gasteiger charge is 2.06. The van der Waals surface area contributed by atoms with Gasteiger partial charge in [-0.3, -0.25) is 0 Å². The van der Waals surface area contributed by atoms with E-state index in [0.29, 0.717) is 10.8 Å². The Bertz CT molecular complexity index is 315. The minimum atomic E-state index is -0.995. The predicted molar refractivity (Wildman–Crippen MR) is 59.5 cm³/mol. The Labute approximate surface area is 98.8 Å². The Morgan fingerprint density at radius 2 is 2.00 bits per heavy atom. The van der Waals surface area contributed by atoms with E-state index in [9.17, 15) is 4.79 Å². The highest BCUT2D eigenvalue weighted by molar-refractivity contribution is 6.32. The number of benzene rings is 1. The Kier molecular flexibility index (Phi) is 7.64. The van der Waals surface area contributed by atoms with Gasteiger partial charge in [0.05, 0.1) is 17.7 Å². The second-order valence-electron chi connectivity index (χ2n) is 2.15. The van der Waals surface area contributed by atoms with Crippen molar-refractivity contribution in [3.05, 3.63) is 28.8 Å². The average molecular weight is 260 g/mol. The van der Waals surface area contributed by atoms with E-state index in [4.69, 9.17) is 21.4 Å². The van der Waals surface area contributed by atoms with Gasteiger partial charge in [0.2, 0.25) is 0 Å². The molecule has 3 nitrogen and oxygen atoms in total. The summed E-state index contributed by atoms with van der Waals surface area (Å²) in [6.45, 7) is 0. The third-order valence-electron chi connectivity index (χ3n) is 1.40. The zero-order chi connectivity index (χ0) is 9.14. The summed E-state index contributed by atoms with van der Waals surface area (Å²) in [4.78, 5) is 10.5. The number of rotatable bonds is 2. The zero-order valence-corrected chi connectivity index (χ0v) is 9.58. The van der Waals surface area contributed by atoms with Gasteiger partial charge in [0, 0.05) is 0 Å². The molecule has 14 heavy (non-hydrogen) atoms. The van der Waals surface area contributed by atoms with E-state index in [1.807, 2.05) is 0 Å². The number of hydrogen-bond donors (Lipinski definition) is 1. The summed E-state index contributed by atoms with van der Waals surface area (Å²) in [6, 6.07) is 4.29. The Morgan fingerprint density at radius 3 is 2.43 bits per heavy atom. The largest absolute Gasteiger partial charge is 0.495 e. The number of carbonyl (C=O) groups is 1. The van der Waals surface area contributed by atoms with E-state index >= 15 is 0 Å².